The lowest BCUT2D eigenvalue weighted by atomic mass is 10.1. The second kappa shape index (κ2) is 20.6. The number of carbonyl (C=O) groups is 1. The van der Waals surface area contributed by atoms with Crippen LogP contribution in [0.2, 0.25) is 0 Å². The average molecular weight is 467 g/mol. The molecule has 0 aromatic rings. The van der Waals surface area contributed by atoms with Gasteiger partial charge in [-0.05, 0) is 43.9 Å². The van der Waals surface area contributed by atoms with E-state index >= 15 is 0 Å². The molecule has 6 nitrogen and oxygen atoms in total. The molecule has 0 bridgehead atoms. The summed E-state index contributed by atoms with van der Waals surface area (Å²) in [6, 6.07) is 0. The minimum absolute atomic E-state index is 0.00966. The zero-order chi connectivity index (χ0) is 22.5. The fraction of sp³-hybridized carbons (Fsp3) is 0.864. The molecule has 0 aliphatic carbocycles. The third-order valence-corrected chi connectivity index (χ3v) is 5.64. The molecule has 0 aromatic heterocycles. The maximum absolute atomic E-state index is 11.8. The van der Waals surface area contributed by atoms with E-state index in [1.807, 2.05) is 0 Å². The number of ether oxygens (including phenoxy) is 2. The number of allylic oxidation sites excluding steroid dienone is 2. The predicted octanol–water partition coefficient (Wildman–Crippen LogP) is 5.81. The SMILES string of the molecule is CCCCCCCC/C=C/CCCCCCCC(=O)OCC(COP(O)(O)=S)OC. The van der Waals surface area contributed by atoms with Gasteiger partial charge in [0, 0.05) is 13.5 Å². The predicted molar refractivity (Wildman–Crippen MR) is 126 cm³/mol. The molecule has 0 aliphatic rings. The monoisotopic (exact) mass is 466 g/mol. The normalized spacial score (nSPS) is 13.1. The first-order chi connectivity index (χ1) is 14.4. The molecule has 8 heteroatoms. The zero-order valence-electron chi connectivity index (χ0n) is 18.9. The number of unbranched alkanes of at least 4 members (excludes halogenated alkanes) is 11. The highest BCUT2D eigenvalue weighted by atomic mass is 32.5. The van der Waals surface area contributed by atoms with Crippen molar-refractivity contribution in [3.05, 3.63) is 12.2 Å². The van der Waals surface area contributed by atoms with Gasteiger partial charge in [-0.3, -0.25) is 4.79 Å². The number of methoxy groups -OCH3 is 1. The summed E-state index contributed by atoms with van der Waals surface area (Å²) in [5.41, 5.74) is 0. The summed E-state index contributed by atoms with van der Waals surface area (Å²) in [6.07, 6.45) is 20.3. The van der Waals surface area contributed by atoms with Crippen LogP contribution in [-0.4, -0.2) is 42.2 Å². The van der Waals surface area contributed by atoms with Gasteiger partial charge in [0.2, 0.25) is 0 Å². The largest absolute Gasteiger partial charge is 0.463 e. The van der Waals surface area contributed by atoms with Crippen LogP contribution in [0.5, 0.6) is 0 Å². The molecule has 0 heterocycles. The standard InChI is InChI=1S/C22H43O6PS/c1-3-4-5-6-7-8-9-10-11-12-13-14-15-16-17-18-22(23)27-19-21(26-2)20-28-29(24,25)30/h10-11,21H,3-9,12-20H2,1-2H3,(H2,24,25,30)/b11-10+. The molecule has 0 fully saturated rings. The third kappa shape index (κ3) is 22.4. The number of hydrogen-bond acceptors (Lipinski definition) is 5. The van der Waals surface area contributed by atoms with Crippen LogP contribution in [0.25, 0.3) is 0 Å². The Hall–Kier alpha value is -0.300. The van der Waals surface area contributed by atoms with Gasteiger partial charge in [-0.2, -0.15) is 0 Å². The molecule has 2 N–H and O–H groups in total. The van der Waals surface area contributed by atoms with Crippen LogP contribution in [0.15, 0.2) is 12.2 Å². The van der Waals surface area contributed by atoms with Crippen molar-refractivity contribution in [2.24, 2.45) is 0 Å². The van der Waals surface area contributed by atoms with E-state index < -0.39 is 12.8 Å². The fourth-order valence-electron chi connectivity index (χ4n) is 2.96. The molecule has 1 atom stereocenters. The van der Waals surface area contributed by atoms with Crippen molar-refractivity contribution in [1.82, 2.24) is 0 Å². The van der Waals surface area contributed by atoms with E-state index in [0.717, 1.165) is 25.7 Å². The number of esters is 1. The maximum Gasteiger partial charge on any atom is 0.321 e. The van der Waals surface area contributed by atoms with Crippen LogP contribution in [0, 0.1) is 0 Å². The molecule has 30 heavy (non-hydrogen) atoms. The Balaban J connectivity index is 3.47. The van der Waals surface area contributed by atoms with Crippen molar-refractivity contribution >= 4 is 24.5 Å². The van der Waals surface area contributed by atoms with E-state index in [2.05, 4.69) is 30.9 Å². The van der Waals surface area contributed by atoms with Crippen molar-refractivity contribution in [2.75, 3.05) is 20.3 Å². The molecule has 0 spiro atoms. The molecule has 0 saturated carbocycles. The highest BCUT2D eigenvalue weighted by molar-refractivity contribution is 8.06. The number of hydrogen-bond donors (Lipinski definition) is 2. The molecule has 0 amide bonds. The molecule has 0 aliphatic heterocycles. The van der Waals surface area contributed by atoms with E-state index in [9.17, 15) is 4.79 Å². The molecular formula is C22H43O6PS. The second-order valence-electron chi connectivity index (χ2n) is 7.66. The summed E-state index contributed by atoms with van der Waals surface area (Å²) in [4.78, 5) is 29.8. The molecule has 178 valence electrons. The summed E-state index contributed by atoms with van der Waals surface area (Å²) in [7, 11) is 1.43. The van der Waals surface area contributed by atoms with Crippen LogP contribution in [0.4, 0.5) is 0 Å². The van der Waals surface area contributed by atoms with E-state index in [0.29, 0.717) is 6.42 Å². The van der Waals surface area contributed by atoms with E-state index in [4.69, 9.17) is 23.8 Å². The van der Waals surface area contributed by atoms with Gasteiger partial charge in [-0.1, -0.05) is 70.4 Å². The van der Waals surface area contributed by atoms with Gasteiger partial charge in [0.1, 0.15) is 12.7 Å². The lowest BCUT2D eigenvalue weighted by Gasteiger charge is -2.17. The Morgan fingerprint density at radius 2 is 1.43 bits per heavy atom. The van der Waals surface area contributed by atoms with E-state index in [-0.39, 0.29) is 19.2 Å². The van der Waals surface area contributed by atoms with Crippen molar-refractivity contribution in [3.63, 3.8) is 0 Å². The highest BCUT2D eigenvalue weighted by Gasteiger charge is 2.16. The lowest BCUT2D eigenvalue weighted by Crippen LogP contribution is -2.25. The number of rotatable bonds is 21. The van der Waals surface area contributed by atoms with Crippen LogP contribution < -0.4 is 0 Å². The fourth-order valence-corrected chi connectivity index (χ4v) is 3.51. The molecule has 0 rings (SSSR count). The Morgan fingerprint density at radius 1 is 0.900 bits per heavy atom. The first-order valence-electron chi connectivity index (χ1n) is 11.4. The number of carbonyl (C=O) groups excluding carboxylic acids is 1. The molecule has 0 radical (unpaired) electrons. The molecule has 0 saturated heterocycles. The van der Waals surface area contributed by atoms with Gasteiger partial charge in [0.05, 0.1) is 6.61 Å². The summed E-state index contributed by atoms with van der Waals surface area (Å²) >= 11 is 4.37. The second-order valence-corrected chi connectivity index (χ2v) is 10.3. The van der Waals surface area contributed by atoms with Crippen LogP contribution >= 0.6 is 6.72 Å². The summed E-state index contributed by atoms with van der Waals surface area (Å²) < 4.78 is 14.9. The van der Waals surface area contributed by atoms with Gasteiger partial charge in [0.25, 0.3) is 0 Å². The van der Waals surface area contributed by atoms with E-state index in [1.165, 1.54) is 64.9 Å². The molecular weight excluding hydrogens is 423 g/mol. The van der Waals surface area contributed by atoms with Gasteiger partial charge in [0.15, 0.2) is 0 Å². The molecule has 1 unspecified atom stereocenters. The maximum atomic E-state index is 11.8. The Labute approximate surface area is 188 Å². The van der Waals surface area contributed by atoms with Crippen LogP contribution in [0.3, 0.4) is 0 Å². The van der Waals surface area contributed by atoms with Crippen molar-refractivity contribution < 1.29 is 28.6 Å². The van der Waals surface area contributed by atoms with Crippen molar-refractivity contribution in [2.45, 2.75) is 103 Å². The average Bonchev–Trinajstić information content (AvgIpc) is 2.70. The van der Waals surface area contributed by atoms with Crippen LogP contribution in [0.1, 0.15) is 96.8 Å². The Kier molecular flexibility index (Phi) is 20.4. The van der Waals surface area contributed by atoms with Crippen molar-refractivity contribution in [3.8, 4) is 0 Å². The van der Waals surface area contributed by atoms with E-state index in [1.54, 1.807) is 0 Å². The minimum atomic E-state index is -3.72. The van der Waals surface area contributed by atoms with Gasteiger partial charge < -0.3 is 23.8 Å². The Bertz CT molecular complexity index is 480. The smallest absolute Gasteiger partial charge is 0.321 e. The van der Waals surface area contributed by atoms with Crippen molar-refractivity contribution in [1.29, 1.82) is 0 Å². The molecule has 0 aromatic carbocycles. The van der Waals surface area contributed by atoms with Gasteiger partial charge in [-0.15, -0.1) is 0 Å². The summed E-state index contributed by atoms with van der Waals surface area (Å²) in [5.74, 6) is -0.276. The lowest BCUT2D eigenvalue weighted by molar-refractivity contribution is -0.148. The van der Waals surface area contributed by atoms with Gasteiger partial charge >= 0.3 is 12.7 Å². The quantitative estimate of drug-likeness (QED) is 0.0956. The zero-order valence-corrected chi connectivity index (χ0v) is 20.6. The van der Waals surface area contributed by atoms with Crippen LogP contribution in [-0.2, 0) is 30.6 Å². The summed E-state index contributed by atoms with van der Waals surface area (Å²) in [6.45, 7) is -1.58. The minimum Gasteiger partial charge on any atom is -0.463 e. The van der Waals surface area contributed by atoms with Gasteiger partial charge in [-0.25, -0.2) is 0 Å². The topological polar surface area (TPSA) is 85.2 Å². The Morgan fingerprint density at radius 3 is 1.97 bits per heavy atom. The third-order valence-electron chi connectivity index (χ3n) is 4.83. The summed E-state index contributed by atoms with van der Waals surface area (Å²) in [5, 5.41) is 0. The highest BCUT2D eigenvalue weighted by Crippen LogP contribution is 2.36. The first kappa shape index (κ1) is 29.7. The first-order valence-corrected chi connectivity index (χ1v) is 14.0.